The third-order valence-electron chi connectivity index (χ3n) is 5.08. The van der Waals surface area contributed by atoms with Gasteiger partial charge in [-0.05, 0) is 48.6 Å². The van der Waals surface area contributed by atoms with E-state index in [0.717, 1.165) is 31.6 Å². The van der Waals surface area contributed by atoms with Gasteiger partial charge in [0, 0.05) is 32.7 Å². The average molecular weight is 526 g/mol. The van der Waals surface area contributed by atoms with Gasteiger partial charge < -0.3 is 15.7 Å². The third-order valence-corrected chi connectivity index (χ3v) is 5.08. The largest absolute Gasteiger partial charge is 0.390 e. The van der Waals surface area contributed by atoms with E-state index in [2.05, 4.69) is 44.8 Å². The van der Waals surface area contributed by atoms with Crippen LogP contribution in [0.3, 0.4) is 0 Å². The Labute approximate surface area is 195 Å². The predicted molar refractivity (Wildman–Crippen MR) is 131 cm³/mol. The molecule has 0 aromatic heterocycles. The number of aliphatic imine (C=N–C) groups is 1. The van der Waals surface area contributed by atoms with Crippen LogP contribution in [0, 0.1) is 5.82 Å². The van der Waals surface area contributed by atoms with E-state index in [4.69, 9.17) is 0 Å². The second-order valence-corrected chi connectivity index (χ2v) is 7.43. The molecule has 0 saturated heterocycles. The van der Waals surface area contributed by atoms with Crippen LogP contribution in [0.4, 0.5) is 4.39 Å². The number of benzene rings is 2. The minimum Gasteiger partial charge on any atom is -0.390 e. The molecule has 0 amide bonds. The SMILES string of the molecule is CCNC(=NCC(O)CN1CCc2ccccc2C1)NCCc1cccc(F)c1.I. The number of aliphatic hydroxyl groups is 1. The van der Waals surface area contributed by atoms with Crippen molar-refractivity contribution in [1.82, 2.24) is 15.5 Å². The van der Waals surface area contributed by atoms with E-state index < -0.39 is 6.10 Å². The van der Waals surface area contributed by atoms with E-state index in [-0.39, 0.29) is 29.8 Å². The zero-order valence-electron chi connectivity index (χ0n) is 17.5. The number of hydrogen-bond acceptors (Lipinski definition) is 3. The summed E-state index contributed by atoms with van der Waals surface area (Å²) in [5.41, 5.74) is 3.70. The number of hydrogen-bond donors (Lipinski definition) is 3. The lowest BCUT2D eigenvalue weighted by atomic mass is 10.00. The zero-order valence-corrected chi connectivity index (χ0v) is 19.8. The Bertz CT molecular complexity index is 817. The number of nitrogens with zero attached hydrogens (tertiary/aromatic N) is 2. The fraction of sp³-hybridized carbons (Fsp3) is 0.435. The van der Waals surface area contributed by atoms with Crippen molar-refractivity contribution in [3.63, 3.8) is 0 Å². The molecule has 0 radical (unpaired) electrons. The van der Waals surface area contributed by atoms with Gasteiger partial charge in [0.15, 0.2) is 5.96 Å². The monoisotopic (exact) mass is 526 g/mol. The Morgan fingerprint density at radius 2 is 1.97 bits per heavy atom. The number of halogens is 2. The summed E-state index contributed by atoms with van der Waals surface area (Å²) in [6.45, 7) is 6.19. The van der Waals surface area contributed by atoms with E-state index in [9.17, 15) is 9.50 Å². The molecule has 1 atom stereocenters. The van der Waals surface area contributed by atoms with Crippen LogP contribution in [0.5, 0.6) is 0 Å². The fourth-order valence-electron chi connectivity index (χ4n) is 3.62. The summed E-state index contributed by atoms with van der Waals surface area (Å²) in [6, 6.07) is 15.1. The van der Waals surface area contributed by atoms with Crippen molar-refractivity contribution in [2.75, 3.05) is 32.7 Å². The van der Waals surface area contributed by atoms with Crippen molar-refractivity contribution >= 4 is 29.9 Å². The zero-order chi connectivity index (χ0) is 20.5. The molecule has 3 N–H and O–H groups in total. The van der Waals surface area contributed by atoms with E-state index in [0.29, 0.717) is 32.0 Å². The second kappa shape index (κ2) is 12.9. The first-order chi connectivity index (χ1) is 14.1. The first-order valence-corrected chi connectivity index (χ1v) is 10.4. The summed E-state index contributed by atoms with van der Waals surface area (Å²) in [6.07, 6.45) is 1.22. The summed E-state index contributed by atoms with van der Waals surface area (Å²) in [4.78, 5) is 6.80. The van der Waals surface area contributed by atoms with Crippen LogP contribution in [-0.2, 0) is 19.4 Å². The number of aliphatic hydroxyl groups excluding tert-OH is 1. The highest BCUT2D eigenvalue weighted by atomic mass is 127. The lowest BCUT2D eigenvalue weighted by Gasteiger charge is -2.30. The van der Waals surface area contributed by atoms with Crippen LogP contribution >= 0.6 is 24.0 Å². The molecule has 0 saturated carbocycles. The van der Waals surface area contributed by atoms with Crippen molar-refractivity contribution in [2.45, 2.75) is 32.4 Å². The summed E-state index contributed by atoms with van der Waals surface area (Å²) >= 11 is 0. The molecule has 0 fully saturated rings. The van der Waals surface area contributed by atoms with Gasteiger partial charge >= 0.3 is 0 Å². The van der Waals surface area contributed by atoms with E-state index in [1.54, 1.807) is 12.1 Å². The maximum atomic E-state index is 13.3. The number of rotatable bonds is 8. The van der Waals surface area contributed by atoms with Gasteiger partial charge in [-0.25, -0.2) is 4.39 Å². The van der Waals surface area contributed by atoms with Gasteiger partial charge in [-0.2, -0.15) is 0 Å². The number of fused-ring (bicyclic) bond motifs is 1. The third kappa shape index (κ3) is 7.85. The first kappa shape index (κ1) is 24.6. The molecule has 30 heavy (non-hydrogen) atoms. The summed E-state index contributed by atoms with van der Waals surface area (Å²) < 4.78 is 13.3. The highest BCUT2D eigenvalue weighted by Crippen LogP contribution is 2.18. The Balaban J connectivity index is 0.00000320. The van der Waals surface area contributed by atoms with Crippen molar-refractivity contribution in [1.29, 1.82) is 0 Å². The molecular weight excluding hydrogens is 494 g/mol. The standard InChI is InChI=1S/C23H31FN4O.HI/c1-2-25-23(26-12-10-18-6-5-9-21(24)14-18)27-15-22(29)17-28-13-11-19-7-3-4-8-20(19)16-28;/h3-9,14,22,29H,2,10-13,15-17H2,1H3,(H2,25,26,27);1H. The quantitative estimate of drug-likeness (QED) is 0.281. The molecular formula is C23H32FIN4O. The molecule has 164 valence electrons. The number of β-amino-alcohol motifs (C(OH)–C–C–N with tert-alkyl or cyclic N) is 1. The van der Waals surface area contributed by atoms with Gasteiger partial charge in [0.1, 0.15) is 5.82 Å². The molecule has 7 heteroatoms. The molecule has 2 aromatic carbocycles. The Hall–Kier alpha value is -1.71. The molecule has 0 aliphatic carbocycles. The molecule has 5 nitrogen and oxygen atoms in total. The van der Waals surface area contributed by atoms with Crippen LogP contribution in [0.15, 0.2) is 53.5 Å². The van der Waals surface area contributed by atoms with Gasteiger partial charge in [-0.3, -0.25) is 9.89 Å². The highest BCUT2D eigenvalue weighted by molar-refractivity contribution is 14.0. The minimum absolute atomic E-state index is 0. The predicted octanol–water partition coefficient (Wildman–Crippen LogP) is 2.96. The van der Waals surface area contributed by atoms with E-state index in [1.807, 2.05) is 13.0 Å². The normalized spacial score (nSPS) is 15.1. The molecule has 0 spiro atoms. The lowest BCUT2D eigenvalue weighted by Crippen LogP contribution is -2.40. The first-order valence-electron chi connectivity index (χ1n) is 10.4. The van der Waals surface area contributed by atoms with Crippen LogP contribution in [0.1, 0.15) is 23.6 Å². The maximum Gasteiger partial charge on any atom is 0.191 e. The summed E-state index contributed by atoms with van der Waals surface area (Å²) in [7, 11) is 0. The van der Waals surface area contributed by atoms with Crippen LogP contribution in [-0.4, -0.2) is 54.8 Å². The Kier molecular flexibility index (Phi) is 10.5. The average Bonchev–Trinajstić information content (AvgIpc) is 2.72. The number of guanidine groups is 1. The number of nitrogens with one attached hydrogen (secondary N) is 2. The van der Waals surface area contributed by atoms with Crippen LogP contribution in [0.25, 0.3) is 0 Å². The van der Waals surface area contributed by atoms with Crippen molar-refractivity contribution in [3.8, 4) is 0 Å². The van der Waals surface area contributed by atoms with E-state index in [1.165, 1.54) is 17.2 Å². The fourth-order valence-corrected chi connectivity index (χ4v) is 3.62. The molecule has 3 rings (SSSR count). The summed E-state index contributed by atoms with van der Waals surface area (Å²) in [5, 5.41) is 16.9. The van der Waals surface area contributed by atoms with Gasteiger partial charge in [0.25, 0.3) is 0 Å². The topological polar surface area (TPSA) is 59.9 Å². The minimum atomic E-state index is -0.515. The molecule has 1 aliphatic heterocycles. The van der Waals surface area contributed by atoms with Gasteiger partial charge in [0.2, 0.25) is 0 Å². The maximum absolute atomic E-state index is 13.3. The molecule has 1 unspecified atom stereocenters. The molecule has 1 aliphatic rings. The van der Waals surface area contributed by atoms with E-state index >= 15 is 0 Å². The second-order valence-electron chi connectivity index (χ2n) is 7.43. The highest BCUT2D eigenvalue weighted by Gasteiger charge is 2.18. The van der Waals surface area contributed by atoms with Crippen LogP contribution in [0.2, 0.25) is 0 Å². The van der Waals surface area contributed by atoms with Crippen molar-refractivity contribution < 1.29 is 9.50 Å². The van der Waals surface area contributed by atoms with Gasteiger partial charge in [0.05, 0.1) is 12.6 Å². The smallest absolute Gasteiger partial charge is 0.191 e. The van der Waals surface area contributed by atoms with Gasteiger partial charge in [-0.15, -0.1) is 24.0 Å². The molecule has 0 bridgehead atoms. The Morgan fingerprint density at radius 1 is 1.17 bits per heavy atom. The van der Waals surface area contributed by atoms with Crippen molar-refractivity contribution in [2.24, 2.45) is 4.99 Å². The molecule has 1 heterocycles. The molecule has 2 aromatic rings. The Morgan fingerprint density at radius 3 is 2.73 bits per heavy atom. The lowest BCUT2D eigenvalue weighted by molar-refractivity contribution is 0.111. The van der Waals surface area contributed by atoms with Gasteiger partial charge in [-0.1, -0.05) is 36.4 Å². The van der Waals surface area contributed by atoms with Crippen LogP contribution < -0.4 is 10.6 Å². The summed E-state index contributed by atoms with van der Waals surface area (Å²) in [5.74, 6) is 0.457. The van der Waals surface area contributed by atoms with Crippen molar-refractivity contribution in [3.05, 3.63) is 71.0 Å².